The first kappa shape index (κ1) is 21.1. The molecule has 1 fully saturated rings. The molecule has 0 heterocycles. The lowest BCUT2D eigenvalue weighted by atomic mass is 9.76. The Kier molecular flexibility index (Phi) is 8.13. The summed E-state index contributed by atoms with van der Waals surface area (Å²) in [6, 6.07) is 6.91. The van der Waals surface area contributed by atoms with Gasteiger partial charge in [0, 0.05) is 0 Å². The van der Waals surface area contributed by atoms with Crippen molar-refractivity contribution in [3.05, 3.63) is 46.8 Å². The van der Waals surface area contributed by atoms with Gasteiger partial charge in [0.05, 0.1) is 5.56 Å². The van der Waals surface area contributed by atoms with Crippen LogP contribution in [0.25, 0.3) is 0 Å². The van der Waals surface area contributed by atoms with Gasteiger partial charge in [0.2, 0.25) is 0 Å². The highest BCUT2D eigenvalue weighted by molar-refractivity contribution is 5.33. The van der Waals surface area contributed by atoms with Gasteiger partial charge in [-0.15, -0.1) is 0 Å². The summed E-state index contributed by atoms with van der Waals surface area (Å²) in [5, 5.41) is 8.83. The van der Waals surface area contributed by atoms with Gasteiger partial charge in [-0.25, -0.2) is 4.39 Å². The van der Waals surface area contributed by atoms with E-state index in [1.165, 1.54) is 76.7 Å². The van der Waals surface area contributed by atoms with Gasteiger partial charge in [-0.3, -0.25) is 0 Å². The molecule has 1 atom stereocenters. The second-order valence-corrected chi connectivity index (χ2v) is 9.18. The van der Waals surface area contributed by atoms with Crippen molar-refractivity contribution >= 4 is 0 Å². The minimum Gasteiger partial charge on any atom is -0.206 e. The Morgan fingerprint density at radius 1 is 0.964 bits per heavy atom. The maximum atomic E-state index is 13.7. The van der Waals surface area contributed by atoms with Crippen molar-refractivity contribution in [3.8, 4) is 6.07 Å². The minimum absolute atomic E-state index is 0.141. The SMILES string of the molecule is CCCC1CCC(CCC2CC=C(CCc3ccc(C#N)c(F)c3)CC2)CC1. The van der Waals surface area contributed by atoms with E-state index < -0.39 is 0 Å². The number of aryl methyl sites for hydroxylation is 1. The molecule has 1 aromatic rings. The number of hydrogen-bond acceptors (Lipinski definition) is 1. The lowest BCUT2D eigenvalue weighted by Crippen LogP contribution is -2.16. The van der Waals surface area contributed by atoms with Crippen LogP contribution >= 0.6 is 0 Å². The molecule has 2 heteroatoms. The second kappa shape index (κ2) is 10.8. The van der Waals surface area contributed by atoms with Crippen LogP contribution < -0.4 is 0 Å². The van der Waals surface area contributed by atoms with Crippen LogP contribution in [0.4, 0.5) is 4.39 Å². The van der Waals surface area contributed by atoms with Crippen molar-refractivity contribution in [1.29, 1.82) is 5.26 Å². The minimum atomic E-state index is -0.388. The molecule has 1 unspecified atom stereocenters. The summed E-state index contributed by atoms with van der Waals surface area (Å²) in [6.45, 7) is 2.32. The van der Waals surface area contributed by atoms with Crippen LogP contribution in [-0.4, -0.2) is 0 Å². The normalized spacial score (nSPS) is 25.2. The molecule has 0 aromatic heterocycles. The van der Waals surface area contributed by atoms with E-state index >= 15 is 0 Å². The van der Waals surface area contributed by atoms with E-state index in [-0.39, 0.29) is 11.4 Å². The summed E-state index contributed by atoms with van der Waals surface area (Å²) in [6.07, 6.45) is 19.7. The molecule has 0 saturated heterocycles. The highest BCUT2D eigenvalue weighted by Crippen LogP contribution is 2.36. The molecule has 0 aliphatic heterocycles. The number of rotatable bonds is 8. The first-order chi connectivity index (χ1) is 13.7. The predicted octanol–water partition coefficient (Wildman–Crippen LogP) is 7.74. The Labute approximate surface area is 171 Å². The van der Waals surface area contributed by atoms with Gasteiger partial charge >= 0.3 is 0 Å². The van der Waals surface area contributed by atoms with E-state index in [4.69, 9.17) is 5.26 Å². The average Bonchev–Trinajstić information content (AvgIpc) is 2.73. The number of nitrogens with zero attached hydrogens (tertiary/aromatic N) is 1. The molecule has 28 heavy (non-hydrogen) atoms. The molecule has 0 spiro atoms. The summed E-state index contributed by atoms with van der Waals surface area (Å²) >= 11 is 0. The highest BCUT2D eigenvalue weighted by Gasteiger charge is 2.22. The molecular weight excluding hydrogens is 345 g/mol. The highest BCUT2D eigenvalue weighted by atomic mass is 19.1. The van der Waals surface area contributed by atoms with E-state index in [2.05, 4.69) is 13.0 Å². The molecule has 0 N–H and O–H groups in total. The van der Waals surface area contributed by atoms with E-state index in [1.54, 1.807) is 11.6 Å². The molecule has 1 nitrogen and oxygen atoms in total. The summed E-state index contributed by atoms with van der Waals surface area (Å²) in [4.78, 5) is 0. The molecule has 3 rings (SSSR count). The zero-order valence-corrected chi connectivity index (χ0v) is 17.6. The number of hydrogen-bond donors (Lipinski definition) is 0. The lowest BCUT2D eigenvalue weighted by molar-refractivity contribution is 0.236. The Morgan fingerprint density at radius 3 is 2.29 bits per heavy atom. The van der Waals surface area contributed by atoms with Crippen LogP contribution in [0.5, 0.6) is 0 Å². The summed E-state index contributed by atoms with van der Waals surface area (Å²) in [7, 11) is 0. The summed E-state index contributed by atoms with van der Waals surface area (Å²) in [5.41, 5.74) is 2.68. The monoisotopic (exact) mass is 381 g/mol. The third-order valence-electron chi connectivity index (χ3n) is 7.15. The van der Waals surface area contributed by atoms with Crippen LogP contribution in [0.1, 0.15) is 95.1 Å². The van der Waals surface area contributed by atoms with Gasteiger partial charge in [-0.05, 0) is 74.0 Å². The standard InChI is InChI=1S/C26H36FN/c1-2-3-20-4-6-21(7-5-20)8-9-22-10-12-23(13-11-22)14-15-24-16-17-25(19-28)26(27)18-24/h12,16-18,20-22H,2-11,13-15H2,1H3. The Morgan fingerprint density at radius 2 is 1.68 bits per heavy atom. The van der Waals surface area contributed by atoms with Gasteiger partial charge in [0.25, 0.3) is 0 Å². The van der Waals surface area contributed by atoms with E-state index in [1.807, 2.05) is 12.1 Å². The van der Waals surface area contributed by atoms with Gasteiger partial charge < -0.3 is 0 Å². The maximum Gasteiger partial charge on any atom is 0.141 e. The largest absolute Gasteiger partial charge is 0.206 e. The van der Waals surface area contributed by atoms with Crippen LogP contribution in [0, 0.1) is 34.9 Å². The van der Waals surface area contributed by atoms with Crippen molar-refractivity contribution in [2.75, 3.05) is 0 Å². The molecule has 152 valence electrons. The van der Waals surface area contributed by atoms with Gasteiger partial charge in [0.15, 0.2) is 0 Å². The molecule has 2 aliphatic rings. The number of halogens is 1. The van der Waals surface area contributed by atoms with E-state index in [0.717, 1.165) is 36.2 Å². The third kappa shape index (κ3) is 6.20. The number of nitriles is 1. The molecule has 0 radical (unpaired) electrons. The van der Waals surface area contributed by atoms with Crippen molar-refractivity contribution < 1.29 is 4.39 Å². The lowest BCUT2D eigenvalue weighted by Gasteiger charge is -2.30. The zero-order valence-electron chi connectivity index (χ0n) is 17.6. The Balaban J connectivity index is 1.35. The average molecular weight is 382 g/mol. The van der Waals surface area contributed by atoms with Gasteiger partial charge in [-0.2, -0.15) is 5.26 Å². The predicted molar refractivity (Wildman–Crippen MR) is 114 cm³/mol. The Bertz CT molecular complexity index is 691. The van der Waals surface area contributed by atoms with Crippen molar-refractivity contribution in [3.63, 3.8) is 0 Å². The summed E-state index contributed by atoms with van der Waals surface area (Å²) in [5.74, 6) is 2.50. The van der Waals surface area contributed by atoms with Crippen LogP contribution in [0.3, 0.4) is 0 Å². The molecule has 1 aromatic carbocycles. The number of allylic oxidation sites excluding steroid dienone is 2. The zero-order chi connectivity index (χ0) is 19.8. The third-order valence-corrected chi connectivity index (χ3v) is 7.15. The molecule has 0 amide bonds. The van der Waals surface area contributed by atoms with Crippen molar-refractivity contribution in [2.24, 2.45) is 17.8 Å². The fraction of sp³-hybridized carbons (Fsp3) is 0.654. The molecule has 2 aliphatic carbocycles. The van der Waals surface area contributed by atoms with Gasteiger partial charge in [-0.1, -0.05) is 69.6 Å². The molecule has 0 bridgehead atoms. The smallest absolute Gasteiger partial charge is 0.141 e. The topological polar surface area (TPSA) is 23.8 Å². The van der Waals surface area contributed by atoms with Gasteiger partial charge in [0.1, 0.15) is 11.9 Å². The molecular formula is C26H36FN. The fourth-order valence-electron chi connectivity index (χ4n) is 5.23. The fourth-order valence-corrected chi connectivity index (χ4v) is 5.23. The van der Waals surface area contributed by atoms with Crippen LogP contribution in [-0.2, 0) is 6.42 Å². The second-order valence-electron chi connectivity index (χ2n) is 9.18. The van der Waals surface area contributed by atoms with Crippen molar-refractivity contribution in [2.45, 2.75) is 90.4 Å². The van der Waals surface area contributed by atoms with E-state index in [0.29, 0.717) is 0 Å². The first-order valence-corrected chi connectivity index (χ1v) is 11.5. The number of benzene rings is 1. The first-order valence-electron chi connectivity index (χ1n) is 11.5. The van der Waals surface area contributed by atoms with Crippen molar-refractivity contribution in [1.82, 2.24) is 0 Å². The Hall–Kier alpha value is -1.62. The van der Waals surface area contributed by atoms with E-state index in [9.17, 15) is 4.39 Å². The molecule has 1 saturated carbocycles. The van der Waals surface area contributed by atoms with Crippen LogP contribution in [0.2, 0.25) is 0 Å². The maximum absolute atomic E-state index is 13.7. The van der Waals surface area contributed by atoms with Crippen LogP contribution in [0.15, 0.2) is 29.8 Å². The summed E-state index contributed by atoms with van der Waals surface area (Å²) < 4.78 is 13.7. The quantitative estimate of drug-likeness (QED) is 0.422.